The molecule has 0 saturated heterocycles. The number of hydrogen-bond donors (Lipinski definition) is 3. The first-order chi connectivity index (χ1) is 8.88. The Kier molecular flexibility index (Phi) is 3.85. The van der Waals surface area contributed by atoms with Crippen LogP contribution in [0.3, 0.4) is 0 Å². The third kappa shape index (κ3) is 3.26. The first kappa shape index (κ1) is 14.3. The average Bonchev–Trinajstić information content (AvgIpc) is 3.07. The molecule has 1 saturated carbocycles. The van der Waals surface area contributed by atoms with Crippen LogP contribution in [0.25, 0.3) is 0 Å². The second-order valence-corrected chi connectivity index (χ2v) is 7.07. The van der Waals surface area contributed by atoms with Crippen LogP contribution in [-0.2, 0) is 10.0 Å². The maximum Gasteiger partial charge on any atom is 0.242 e. The zero-order chi connectivity index (χ0) is 14.1. The Morgan fingerprint density at radius 2 is 2.11 bits per heavy atom. The molecule has 1 aromatic rings. The molecule has 0 heterocycles. The van der Waals surface area contributed by atoms with E-state index in [9.17, 15) is 8.42 Å². The number of anilines is 1. The van der Waals surface area contributed by atoms with E-state index >= 15 is 0 Å². The van der Waals surface area contributed by atoms with Crippen LogP contribution in [0.5, 0.6) is 0 Å². The largest absolute Gasteiger partial charge is 0.398 e. The highest BCUT2D eigenvalue weighted by molar-refractivity contribution is 7.89. The molecule has 0 spiro atoms. The van der Waals surface area contributed by atoms with E-state index in [2.05, 4.69) is 4.72 Å². The first-order valence-corrected chi connectivity index (χ1v) is 7.84. The molecule has 0 radical (unpaired) electrons. The molecule has 6 heteroatoms. The lowest BCUT2D eigenvalue weighted by Gasteiger charge is -2.15. The molecule has 1 aromatic carbocycles. The Labute approximate surface area is 113 Å². The predicted molar refractivity (Wildman–Crippen MR) is 74.1 cm³/mol. The van der Waals surface area contributed by atoms with Crippen molar-refractivity contribution in [1.82, 2.24) is 4.72 Å². The highest BCUT2D eigenvalue weighted by Crippen LogP contribution is 2.48. The number of nitrogens with two attached hydrogens (primary N) is 1. The molecule has 0 aromatic heterocycles. The van der Waals surface area contributed by atoms with Crippen molar-refractivity contribution in [3.8, 4) is 0 Å². The van der Waals surface area contributed by atoms with Gasteiger partial charge in [-0.1, -0.05) is 6.07 Å². The molecule has 4 N–H and O–H groups in total. The lowest BCUT2D eigenvalue weighted by molar-refractivity contribution is 0.249. The Bertz CT molecular complexity index is 565. The summed E-state index contributed by atoms with van der Waals surface area (Å²) in [6.07, 6.45) is 2.55. The Hall–Kier alpha value is -1.11. The Morgan fingerprint density at radius 3 is 2.63 bits per heavy atom. The van der Waals surface area contributed by atoms with Crippen molar-refractivity contribution in [3.05, 3.63) is 23.8 Å². The lowest BCUT2D eigenvalue weighted by atomic mass is 10.0. The van der Waals surface area contributed by atoms with E-state index in [0.29, 0.717) is 13.0 Å². The SMILES string of the molecule is Cc1ccc(S(=O)(=O)NCC2(CCO)CC2)c(N)c1. The lowest BCUT2D eigenvalue weighted by Crippen LogP contribution is -2.31. The number of rotatable bonds is 6. The van der Waals surface area contributed by atoms with Gasteiger partial charge in [0.15, 0.2) is 0 Å². The summed E-state index contributed by atoms with van der Waals surface area (Å²) in [6, 6.07) is 4.90. The van der Waals surface area contributed by atoms with Crippen LogP contribution in [0.4, 0.5) is 5.69 Å². The van der Waals surface area contributed by atoms with E-state index in [4.69, 9.17) is 10.8 Å². The molecule has 0 aliphatic heterocycles. The predicted octanol–water partition coefficient (Wildman–Crippen LogP) is 1.02. The van der Waals surface area contributed by atoms with Gasteiger partial charge in [0.25, 0.3) is 0 Å². The molecule has 0 unspecified atom stereocenters. The summed E-state index contributed by atoms with van der Waals surface area (Å²) < 4.78 is 27.0. The summed E-state index contributed by atoms with van der Waals surface area (Å²) in [5.74, 6) is 0. The molecular formula is C13H20N2O3S. The average molecular weight is 284 g/mol. The molecule has 5 nitrogen and oxygen atoms in total. The van der Waals surface area contributed by atoms with Gasteiger partial charge in [-0.15, -0.1) is 0 Å². The van der Waals surface area contributed by atoms with Gasteiger partial charge in [0, 0.05) is 13.2 Å². The van der Waals surface area contributed by atoms with E-state index in [1.165, 1.54) is 6.07 Å². The number of sulfonamides is 1. The van der Waals surface area contributed by atoms with Crippen molar-refractivity contribution in [2.45, 2.75) is 31.1 Å². The summed E-state index contributed by atoms with van der Waals surface area (Å²) in [5.41, 5.74) is 6.90. The minimum Gasteiger partial charge on any atom is -0.398 e. The van der Waals surface area contributed by atoms with E-state index in [-0.39, 0.29) is 22.6 Å². The zero-order valence-corrected chi connectivity index (χ0v) is 11.8. The van der Waals surface area contributed by atoms with Crippen LogP contribution in [-0.4, -0.2) is 26.7 Å². The van der Waals surface area contributed by atoms with Crippen molar-refractivity contribution in [1.29, 1.82) is 0 Å². The van der Waals surface area contributed by atoms with Crippen LogP contribution in [0, 0.1) is 12.3 Å². The molecule has 1 aliphatic rings. The standard InChI is InChI=1S/C13H20N2O3S/c1-10-2-3-12(11(14)8-10)19(17,18)15-9-13(4-5-13)6-7-16/h2-3,8,15-16H,4-7,9,14H2,1H3. The minimum atomic E-state index is -3.58. The first-order valence-electron chi connectivity index (χ1n) is 6.35. The normalized spacial score (nSPS) is 17.4. The third-order valence-electron chi connectivity index (χ3n) is 3.69. The quantitative estimate of drug-likeness (QED) is 0.680. The van der Waals surface area contributed by atoms with Crippen molar-refractivity contribution >= 4 is 15.7 Å². The minimum absolute atomic E-state index is 0.0543. The second-order valence-electron chi connectivity index (χ2n) is 5.34. The number of nitrogen functional groups attached to an aromatic ring is 1. The fourth-order valence-corrected chi connectivity index (χ4v) is 3.44. The van der Waals surface area contributed by atoms with Crippen LogP contribution in [0.15, 0.2) is 23.1 Å². The van der Waals surface area contributed by atoms with Gasteiger partial charge in [0.05, 0.1) is 5.69 Å². The topological polar surface area (TPSA) is 92.4 Å². The molecule has 1 aliphatic carbocycles. The molecule has 0 amide bonds. The van der Waals surface area contributed by atoms with E-state index in [0.717, 1.165) is 18.4 Å². The van der Waals surface area contributed by atoms with Crippen LogP contribution in [0.2, 0.25) is 0 Å². The smallest absolute Gasteiger partial charge is 0.242 e. The molecule has 0 atom stereocenters. The van der Waals surface area contributed by atoms with Gasteiger partial charge in [-0.05, 0) is 49.3 Å². The van der Waals surface area contributed by atoms with Gasteiger partial charge in [-0.2, -0.15) is 0 Å². The van der Waals surface area contributed by atoms with Gasteiger partial charge < -0.3 is 10.8 Å². The van der Waals surface area contributed by atoms with Gasteiger partial charge in [-0.3, -0.25) is 0 Å². The number of aryl methyl sites for hydroxylation is 1. The van der Waals surface area contributed by atoms with Gasteiger partial charge in [0.2, 0.25) is 10.0 Å². The Morgan fingerprint density at radius 1 is 1.42 bits per heavy atom. The van der Waals surface area contributed by atoms with Gasteiger partial charge in [0.1, 0.15) is 4.90 Å². The molecule has 106 valence electrons. The maximum atomic E-state index is 12.2. The summed E-state index contributed by atoms with van der Waals surface area (Å²) in [4.78, 5) is 0.123. The second kappa shape index (κ2) is 5.11. The highest BCUT2D eigenvalue weighted by atomic mass is 32.2. The number of aliphatic hydroxyl groups is 1. The summed E-state index contributed by atoms with van der Waals surface area (Å²) in [7, 11) is -3.58. The van der Waals surface area contributed by atoms with Crippen molar-refractivity contribution < 1.29 is 13.5 Å². The van der Waals surface area contributed by atoms with Crippen LogP contribution >= 0.6 is 0 Å². The number of hydrogen-bond acceptors (Lipinski definition) is 4. The molecule has 0 bridgehead atoms. The van der Waals surface area contributed by atoms with Crippen molar-refractivity contribution in [2.75, 3.05) is 18.9 Å². The summed E-state index contributed by atoms with van der Waals surface area (Å²) in [5, 5.41) is 8.97. The highest BCUT2D eigenvalue weighted by Gasteiger charge is 2.42. The molecule has 1 fully saturated rings. The van der Waals surface area contributed by atoms with Crippen molar-refractivity contribution in [3.63, 3.8) is 0 Å². The summed E-state index contributed by atoms with van der Waals surface area (Å²) >= 11 is 0. The van der Waals surface area contributed by atoms with Crippen LogP contribution in [0.1, 0.15) is 24.8 Å². The van der Waals surface area contributed by atoms with Crippen molar-refractivity contribution in [2.24, 2.45) is 5.41 Å². The van der Waals surface area contributed by atoms with Gasteiger partial charge >= 0.3 is 0 Å². The van der Waals surface area contributed by atoms with E-state index in [1.807, 2.05) is 6.92 Å². The third-order valence-corrected chi connectivity index (χ3v) is 5.17. The van der Waals surface area contributed by atoms with Gasteiger partial charge in [-0.25, -0.2) is 13.1 Å². The zero-order valence-electron chi connectivity index (χ0n) is 11.0. The fourth-order valence-electron chi connectivity index (χ4n) is 2.17. The monoisotopic (exact) mass is 284 g/mol. The van der Waals surface area contributed by atoms with Crippen LogP contribution < -0.4 is 10.5 Å². The number of aliphatic hydroxyl groups excluding tert-OH is 1. The number of benzene rings is 1. The molecule has 2 rings (SSSR count). The Balaban J connectivity index is 2.10. The van der Waals surface area contributed by atoms with E-state index in [1.54, 1.807) is 12.1 Å². The maximum absolute atomic E-state index is 12.2. The molecular weight excluding hydrogens is 264 g/mol. The number of nitrogens with one attached hydrogen (secondary N) is 1. The van der Waals surface area contributed by atoms with E-state index < -0.39 is 10.0 Å². The fraction of sp³-hybridized carbons (Fsp3) is 0.538. The molecule has 19 heavy (non-hydrogen) atoms. The summed E-state index contributed by atoms with van der Waals surface area (Å²) in [6.45, 7) is 2.32.